The van der Waals surface area contributed by atoms with Gasteiger partial charge in [0.1, 0.15) is 0 Å². The molecule has 4 atom stereocenters. The summed E-state index contributed by atoms with van der Waals surface area (Å²) in [4.78, 5) is 0. The SMILES string of the molecule is CC1SCCC1NCC(C)S(C)=O. The van der Waals surface area contributed by atoms with Gasteiger partial charge < -0.3 is 5.32 Å². The highest BCUT2D eigenvalue weighted by Crippen LogP contribution is 2.25. The third kappa shape index (κ3) is 3.60. The van der Waals surface area contributed by atoms with Gasteiger partial charge in [-0.05, 0) is 19.1 Å². The van der Waals surface area contributed by atoms with E-state index in [0.29, 0.717) is 6.04 Å². The number of rotatable bonds is 4. The van der Waals surface area contributed by atoms with E-state index in [1.54, 1.807) is 6.26 Å². The first-order valence-corrected chi connectivity index (χ1v) is 7.45. The summed E-state index contributed by atoms with van der Waals surface area (Å²) in [6.07, 6.45) is 3.04. The van der Waals surface area contributed by atoms with Crippen LogP contribution in [0, 0.1) is 0 Å². The quantitative estimate of drug-likeness (QED) is 0.774. The van der Waals surface area contributed by atoms with Crippen molar-refractivity contribution in [1.82, 2.24) is 5.32 Å². The van der Waals surface area contributed by atoms with Gasteiger partial charge in [-0.1, -0.05) is 6.92 Å². The Kier molecular flexibility index (Phi) is 4.76. The van der Waals surface area contributed by atoms with E-state index < -0.39 is 10.8 Å². The van der Waals surface area contributed by atoms with Crippen LogP contribution in [0.4, 0.5) is 0 Å². The van der Waals surface area contributed by atoms with Crippen LogP contribution in [0.2, 0.25) is 0 Å². The van der Waals surface area contributed by atoms with Crippen LogP contribution < -0.4 is 5.32 Å². The second-order valence-electron chi connectivity index (χ2n) is 3.69. The normalized spacial score (nSPS) is 33.2. The smallest absolute Gasteiger partial charge is 0.0441 e. The molecule has 4 unspecified atom stereocenters. The number of thioether (sulfide) groups is 1. The summed E-state index contributed by atoms with van der Waals surface area (Å²) < 4.78 is 11.1. The Labute approximate surface area is 87.7 Å². The molecule has 0 aliphatic carbocycles. The molecule has 1 heterocycles. The van der Waals surface area contributed by atoms with Crippen molar-refractivity contribution in [1.29, 1.82) is 0 Å². The Morgan fingerprint density at radius 1 is 1.69 bits per heavy atom. The Morgan fingerprint density at radius 2 is 2.38 bits per heavy atom. The molecule has 1 fully saturated rings. The lowest BCUT2D eigenvalue weighted by atomic mass is 10.2. The number of nitrogens with one attached hydrogen (secondary N) is 1. The maximum absolute atomic E-state index is 11.1. The highest BCUT2D eigenvalue weighted by Gasteiger charge is 2.23. The fraction of sp³-hybridized carbons (Fsp3) is 1.00. The van der Waals surface area contributed by atoms with Gasteiger partial charge in [0.25, 0.3) is 0 Å². The van der Waals surface area contributed by atoms with Crippen molar-refractivity contribution in [3.63, 3.8) is 0 Å². The molecule has 0 radical (unpaired) electrons. The standard InChI is InChI=1S/C9H19NOS2/c1-7(13(3)11)6-10-9-4-5-12-8(9)2/h7-10H,4-6H2,1-3H3. The van der Waals surface area contributed by atoms with E-state index in [1.165, 1.54) is 12.2 Å². The summed E-state index contributed by atoms with van der Waals surface area (Å²) >= 11 is 2.03. The minimum Gasteiger partial charge on any atom is -0.312 e. The molecule has 4 heteroatoms. The first kappa shape index (κ1) is 11.5. The van der Waals surface area contributed by atoms with Crippen molar-refractivity contribution in [3.05, 3.63) is 0 Å². The lowest BCUT2D eigenvalue weighted by molar-refractivity contribution is 0.513. The van der Waals surface area contributed by atoms with Crippen molar-refractivity contribution >= 4 is 22.6 Å². The van der Waals surface area contributed by atoms with Gasteiger partial charge in [-0.3, -0.25) is 4.21 Å². The minimum absolute atomic E-state index is 0.276. The van der Waals surface area contributed by atoms with Crippen LogP contribution in [0.15, 0.2) is 0 Å². The molecule has 2 nitrogen and oxygen atoms in total. The van der Waals surface area contributed by atoms with Crippen molar-refractivity contribution in [2.75, 3.05) is 18.6 Å². The molecule has 1 rings (SSSR count). The maximum atomic E-state index is 11.1. The predicted octanol–water partition coefficient (Wildman–Crippen LogP) is 1.24. The Hall–Kier alpha value is 0.460. The molecule has 13 heavy (non-hydrogen) atoms. The largest absolute Gasteiger partial charge is 0.312 e. The molecular weight excluding hydrogens is 202 g/mol. The summed E-state index contributed by atoms with van der Waals surface area (Å²) in [5.41, 5.74) is 0. The van der Waals surface area contributed by atoms with Gasteiger partial charge >= 0.3 is 0 Å². The fourth-order valence-corrected chi connectivity index (χ4v) is 2.99. The van der Waals surface area contributed by atoms with Gasteiger partial charge in [0, 0.05) is 40.1 Å². The lowest BCUT2D eigenvalue weighted by Crippen LogP contribution is -2.38. The van der Waals surface area contributed by atoms with Crippen molar-refractivity contribution in [3.8, 4) is 0 Å². The first-order chi connectivity index (χ1) is 6.11. The van der Waals surface area contributed by atoms with Crippen molar-refractivity contribution in [2.45, 2.75) is 36.8 Å². The van der Waals surface area contributed by atoms with E-state index in [1.807, 2.05) is 18.7 Å². The molecule has 0 bridgehead atoms. The molecule has 78 valence electrons. The molecular formula is C9H19NOS2. The summed E-state index contributed by atoms with van der Waals surface area (Å²) in [6.45, 7) is 5.19. The monoisotopic (exact) mass is 221 g/mol. The van der Waals surface area contributed by atoms with E-state index in [2.05, 4.69) is 12.2 Å². The average Bonchev–Trinajstić information content (AvgIpc) is 2.47. The predicted molar refractivity (Wildman–Crippen MR) is 61.9 cm³/mol. The van der Waals surface area contributed by atoms with E-state index >= 15 is 0 Å². The summed E-state index contributed by atoms with van der Waals surface area (Å²) in [5.74, 6) is 1.27. The van der Waals surface area contributed by atoms with Crippen molar-refractivity contribution in [2.24, 2.45) is 0 Å². The van der Waals surface area contributed by atoms with Crippen LogP contribution in [0.25, 0.3) is 0 Å². The topological polar surface area (TPSA) is 29.1 Å². The van der Waals surface area contributed by atoms with Gasteiger partial charge in [-0.15, -0.1) is 0 Å². The average molecular weight is 221 g/mol. The molecule has 0 spiro atoms. The van der Waals surface area contributed by atoms with Crippen LogP contribution in [-0.2, 0) is 10.8 Å². The van der Waals surface area contributed by atoms with Gasteiger partial charge in [-0.25, -0.2) is 0 Å². The molecule has 1 aliphatic heterocycles. The Balaban J connectivity index is 2.22. The highest BCUT2D eigenvalue weighted by atomic mass is 32.2. The third-order valence-electron chi connectivity index (χ3n) is 2.61. The van der Waals surface area contributed by atoms with Gasteiger partial charge in [0.15, 0.2) is 0 Å². The highest BCUT2D eigenvalue weighted by molar-refractivity contribution is 8.00. The molecule has 0 aromatic rings. The zero-order valence-corrected chi connectivity index (χ0v) is 10.2. The zero-order valence-electron chi connectivity index (χ0n) is 8.58. The van der Waals surface area contributed by atoms with E-state index in [0.717, 1.165) is 11.8 Å². The maximum Gasteiger partial charge on any atom is 0.0441 e. The molecule has 0 aromatic heterocycles. The molecule has 1 aliphatic rings. The summed E-state index contributed by atoms with van der Waals surface area (Å²) in [7, 11) is -0.691. The van der Waals surface area contributed by atoms with Crippen LogP contribution in [-0.4, -0.2) is 39.3 Å². The molecule has 0 saturated carbocycles. The summed E-state index contributed by atoms with van der Waals surface area (Å²) in [6, 6.07) is 0.635. The lowest BCUT2D eigenvalue weighted by Gasteiger charge is -2.18. The Bertz CT molecular complexity index is 186. The van der Waals surface area contributed by atoms with Crippen LogP contribution in [0.1, 0.15) is 20.3 Å². The zero-order chi connectivity index (χ0) is 9.84. The van der Waals surface area contributed by atoms with Gasteiger partial charge in [0.05, 0.1) is 0 Å². The number of hydrogen-bond donors (Lipinski definition) is 1. The first-order valence-electron chi connectivity index (χ1n) is 4.78. The summed E-state index contributed by atoms with van der Waals surface area (Å²) in [5, 5.41) is 4.49. The van der Waals surface area contributed by atoms with Crippen molar-refractivity contribution < 1.29 is 4.21 Å². The molecule has 0 amide bonds. The third-order valence-corrected chi connectivity index (χ3v) is 5.24. The van der Waals surface area contributed by atoms with Crippen LogP contribution >= 0.6 is 11.8 Å². The van der Waals surface area contributed by atoms with E-state index in [4.69, 9.17) is 0 Å². The Morgan fingerprint density at radius 3 is 2.85 bits per heavy atom. The van der Waals surface area contributed by atoms with Gasteiger partial charge in [-0.2, -0.15) is 11.8 Å². The molecule has 1 saturated heterocycles. The molecule has 0 aromatic carbocycles. The second-order valence-corrected chi connectivity index (χ2v) is 6.98. The number of hydrogen-bond acceptors (Lipinski definition) is 3. The van der Waals surface area contributed by atoms with Crippen LogP contribution in [0.5, 0.6) is 0 Å². The fourth-order valence-electron chi connectivity index (χ4n) is 1.43. The van der Waals surface area contributed by atoms with E-state index in [-0.39, 0.29) is 5.25 Å². The minimum atomic E-state index is -0.691. The molecule has 1 N–H and O–H groups in total. The van der Waals surface area contributed by atoms with Crippen LogP contribution in [0.3, 0.4) is 0 Å². The van der Waals surface area contributed by atoms with E-state index in [9.17, 15) is 4.21 Å². The second kappa shape index (κ2) is 5.37. The van der Waals surface area contributed by atoms with Gasteiger partial charge in [0.2, 0.25) is 0 Å².